The van der Waals surface area contributed by atoms with E-state index in [1.165, 1.54) is 24.3 Å². The number of hydrogen-bond acceptors (Lipinski definition) is 4. The summed E-state index contributed by atoms with van der Waals surface area (Å²) < 4.78 is 54.6. The second-order valence-corrected chi connectivity index (χ2v) is 6.02. The molecule has 0 radical (unpaired) electrons. The number of ketones is 1. The van der Waals surface area contributed by atoms with Crippen LogP contribution < -0.4 is 10.1 Å². The van der Waals surface area contributed by atoms with Gasteiger partial charge in [0.15, 0.2) is 11.6 Å². The molecule has 1 N–H and O–H groups in total. The maximum atomic E-state index is 14.1. The van der Waals surface area contributed by atoms with Crippen LogP contribution in [0.4, 0.5) is 17.6 Å². The predicted molar refractivity (Wildman–Crippen MR) is 92.2 cm³/mol. The van der Waals surface area contributed by atoms with Crippen molar-refractivity contribution in [3.8, 4) is 5.75 Å². The van der Waals surface area contributed by atoms with Crippen molar-refractivity contribution in [3.63, 3.8) is 0 Å². The molecule has 0 aliphatic rings. The molecule has 0 aliphatic heterocycles. The third-order valence-corrected chi connectivity index (χ3v) is 3.75. The fraction of sp³-hybridized carbons (Fsp3) is 0.316. The van der Waals surface area contributed by atoms with Crippen LogP contribution in [0.1, 0.15) is 40.7 Å². The molecule has 0 aliphatic carbocycles. The Hall–Kier alpha value is -2.97. The normalized spacial score (nSPS) is 11.2. The number of carbonyl (C=O) groups is 2. The lowest BCUT2D eigenvalue weighted by molar-refractivity contribution is -0.275. The Morgan fingerprint density at radius 2 is 1.93 bits per heavy atom. The number of rotatable bonds is 7. The Bertz CT molecular complexity index is 882. The number of amides is 1. The van der Waals surface area contributed by atoms with Gasteiger partial charge in [-0.25, -0.2) is 4.39 Å². The maximum Gasteiger partial charge on any atom is 0.573 e. The second kappa shape index (κ2) is 8.81. The summed E-state index contributed by atoms with van der Waals surface area (Å²) in [6, 6.07) is 6.22. The Morgan fingerprint density at radius 1 is 1.21 bits per heavy atom. The lowest BCUT2D eigenvalue weighted by atomic mass is 10.1. The van der Waals surface area contributed by atoms with Gasteiger partial charge in [-0.1, -0.05) is 19.1 Å². The first-order valence-corrected chi connectivity index (χ1v) is 8.39. The zero-order valence-corrected chi connectivity index (χ0v) is 15.2. The zero-order chi connectivity index (χ0) is 20.9. The number of carbonyl (C=O) groups excluding carboxylic acids is 2. The summed E-state index contributed by atoms with van der Waals surface area (Å²) in [6.07, 6.45) is -4.60. The van der Waals surface area contributed by atoms with Crippen LogP contribution in [0.3, 0.4) is 0 Å². The van der Waals surface area contributed by atoms with Gasteiger partial charge in [0.2, 0.25) is 0 Å². The molecule has 0 bridgehead atoms. The monoisotopic (exact) mass is 398 g/mol. The number of aryl methyl sites for hydroxylation is 1. The van der Waals surface area contributed by atoms with Gasteiger partial charge < -0.3 is 10.1 Å². The Labute approximate surface area is 158 Å². The van der Waals surface area contributed by atoms with E-state index in [0.29, 0.717) is 17.8 Å². The average Bonchev–Trinajstić information content (AvgIpc) is 2.60. The fourth-order valence-electron chi connectivity index (χ4n) is 2.46. The molecular weight excluding hydrogens is 380 g/mol. The van der Waals surface area contributed by atoms with Crippen LogP contribution in [0.5, 0.6) is 5.75 Å². The number of benzene rings is 1. The van der Waals surface area contributed by atoms with Crippen LogP contribution in [0.2, 0.25) is 0 Å². The van der Waals surface area contributed by atoms with Gasteiger partial charge >= 0.3 is 6.36 Å². The van der Waals surface area contributed by atoms with Crippen molar-refractivity contribution < 1.29 is 31.9 Å². The molecule has 0 saturated carbocycles. The van der Waals surface area contributed by atoms with Crippen molar-refractivity contribution in [3.05, 3.63) is 58.7 Å². The van der Waals surface area contributed by atoms with Crippen molar-refractivity contribution >= 4 is 11.7 Å². The van der Waals surface area contributed by atoms with Gasteiger partial charge in [0.1, 0.15) is 5.78 Å². The molecule has 28 heavy (non-hydrogen) atoms. The molecule has 1 aromatic heterocycles. The standard InChI is InChI=1S/C19H18F4N2O3/c1-3-15(26)9-14-8-13(7-11(2)25-14)18(27)24-10-12-5-4-6-16(17(12)20)28-19(21,22)23/h4-8H,3,9-10H2,1-2H3,(H,24,27). The molecule has 0 unspecified atom stereocenters. The third-order valence-electron chi connectivity index (χ3n) is 3.75. The molecule has 1 amide bonds. The highest BCUT2D eigenvalue weighted by atomic mass is 19.4. The molecular formula is C19H18F4N2O3. The van der Waals surface area contributed by atoms with E-state index in [-0.39, 0.29) is 29.9 Å². The minimum Gasteiger partial charge on any atom is -0.403 e. The zero-order valence-electron chi connectivity index (χ0n) is 15.2. The van der Waals surface area contributed by atoms with Gasteiger partial charge in [0.05, 0.1) is 0 Å². The topological polar surface area (TPSA) is 68.3 Å². The van der Waals surface area contributed by atoms with Crippen molar-refractivity contribution in [1.82, 2.24) is 10.3 Å². The van der Waals surface area contributed by atoms with E-state index in [0.717, 1.165) is 6.07 Å². The summed E-state index contributed by atoms with van der Waals surface area (Å²) in [6.45, 7) is 3.04. The second-order valence-electron chi connectivity index (χ2n) is 6.02. The quantitative estimate of drug-likeness (QED) is 0.719. The molecule has 1 heterocycles. The van der Waals surface area contributed by atoms with E-state index in [1.54, 1.807) is 13.8 Å². The van der Waals surface area contributed by atoms with Crippen molar-refractivity contribution in [2.24, 2.45) is 0 Å². The van der Waals surface area contributed by atoms with Gasteiger partial charge in [0.25, 0.3) is 5.91 Å². The summed E-state index contributed by atoms with van der Waals surface area (Å²) in [5.74, 6) is -2.79. The number of nitrogens with zero attached hydrogens (tertiary/aromatic N) is 1. The fourth-order valence-corrected chi connectivity index (χ4v) is 2.46. The average molecular weight is 398 g/mol. The van der Waals surface area contributed by atoms with Gasteiger partial charge in [0, 0.05) is 41.9 Å². The van der Waals surface area contributed by atoms with Crippen LogP contribution in [0, 0.1) is 12.7 Å². The van der Waals surface area contributed by atoms with Crippen LogP contribution in [0.25, 0.3) is 0 Å². The Morgan fingerprint density at radius 3 is 2.57 bits per heavy atom. The van der Waals surface area contributed by atoms with Crippen molar-refractivity contribution in [1.29, 1.82) is 0 Å². The summed E-state index contributed by atoms with van der Waals surface area (Å²) in [4.78, 5) is 28.1. The first kappa shape index (κ1) is 21.3. The molecule has 150 valence electrons. The predicted octanol–water partition coefficient (Wildman–Crippen LogP) is 3.88. The van der Waals surface area contributed by atoms with E-state index in [2.05, 4.69) is 15.0 Å². The van der Waals surface area contributed by atoms with Crippen molar-refractivity contribution in [2.45, 2.75) is 39.6 Å². The van der Waals surface area contributed by atoms with Crippen LogP contribution in [0.15, 0.2) is 30.3 Å². The summed E-state index contributed by atoms with van der Waals surface area (Å²) in [5.41, 5.74) is 1.01. The van der Waals surface area contributed by atoms with E-state index in [9.17, 15) is 27.2 Å². The van der Waals surface area contributed by atoms with Crippen LogP contribution in [-0.4, -0.2) is 23.0 Å². The van der Waals surface area contributed by atoms with Crippen molar-refractivity contribution in [2.75, 3.05) is 0 Å². The van der Waals surface area contributed by atoms with E-state index >= 15 is 0 Å². The lowest BCUT2D eigenvalue weighted by Crippen LogP contribution is -2.24. The highest BCUT2D eigenvalue weighted by molar-refractivity contribution is 5.94. The molecule has 0 spiro atoms. The highest BCUT2D eigenvalue weighted by Gasteiger charge is 2.32. The smallest absolute Gasteiger partial charge is 0.403 e. The van der Waals surface area contributed by atoms with Gasteiger partial charge in [-0.05, 0) is 25.1 Å². The Kier molecular flexibility index (Phi) is 6.71. The summed E-state index contributed by atoms with van der Waals surface area (Å²) in [5, 5.41) is 2.44. The molecule has 0 atom stereocenters. The van der Waals surface area contributed by atoms with Gasteiger partial charge in [-0.15, -0.1) is 13.2 Å². The Balaban J connectivity index is 2.12. The van der Waals surface area contributed by atoms with E-state index in [4.69, 9.17) is 0 Å². The minimum absolute atomic E-state index is 0.0343. The summed E-state index contributed by atoms with van der Waals surface area (Å²) in [7, 11) is 0. The third kappa shape index (κ3) is 6.04. The number of ether oxygens (including phenoxy) is 1. The number of halogens is 4. The number of nitrogens with one attached hydrogen (secondary N) is 1. The number of pyridine rings is 1. The number of hydrogen-bond donors (Lipinski definition) is 1. The van der Waals surface area contributed by atoms with E-state index < -0.39 is 23.8 Å². The first-order valence-electron chi connectivity index (χ1n) is 8.39. The molecule has 9 heteroatoms. The number of alkyl halides is 3. The van der Waals surface area contributed by atoms with Crippen LogP contribution >= 0.6 is 0 Å². The minimum atomic E-state index is -5.02. The largest absolute Gasteiger partial charge is 0.573 e. The molecule has 5 nitrogen and oxygen atoms in total. The highest BCUT2D eigenvalue weighted by Crippen LogP contribution is 2.27. The first-order chi connectivity index (χ1) is 13.1. The number of aromatic nitrogens is 1. The molecule has 2 aromatic rings. The van der Waals surface area contributed by atoms with E-state index in [1.807, 2.05) is 0 Å². The lowest BCUT2D eigenvalue weighted by Gasteiger charge is -2.12. The maximum absolute atomic E-state index is 14.1. The van der Waals surface area contributed by atoms with Crippen LogP contribution in [-0.2, 0) is 17.8 Å². The molecule has 0 saturated heterocycles. The van der Waals surface area contributed by atoms with Gasteiger partial charge in [-0.3, -0.25) is 14.6 Å². The van der Waals surface area contributed by atoms with Gasteiger partial charge in [-0.2, -0.15) is 0 Å². The number of Topliss-reactive ketones (excluding diaryl/α,β-unsaturated/α-hetero) is 1. The molecule has 0 fully saturated rings. The molecule has 2 rings (SSSR count). The molecule has 1 aromatic carbocycles. The summed E-state index contributed by atoms with van der Waals surface area (Å²) >= 11 is 0. The SMILES string of the molecule is CCC(=O)Cc1cc(C(=O)NCc2cccc(OC(F)(F)F)c2F)cc(C)n1.